The first-order valence-corrected chi connectivity index (χ1v) is 7.59. The molecule has 100 valence electrons. The van der Waals surface area contributed by atoms with Crippen molar-refractivity contribution in [2.75, 3.05) is 25.0 Å². The van der Waals surface area contributed by atoms with Crippen molar-refractivity contribution in [1.82, 2.24) is 5.32 Å². The molecule has 1 heterocycles. The molecule has 1 aromatic carbocycles. The summed E-state index contributed by atoms with van der Waals surface area (Å²) >= 11 is 3.59. The number of nitrogens with one attached hydrogen (secondary N) is 1. The van der Waals surface area contributed by atoms with Crippen LogP contribution in [0.15, 0.2) is 22.7 Å². The van der Waals surface area contributed by atoms with Gasteiger partial charge in [-0.05, 0) is 43.0 Å². The van der Waals surface area contributed by atoms with E-state index < -0.39 is 0 Å². The van der Waals surface area contributed by atoms with Crippen molar-refractivity contribution in [3.8, 4) is 0 Å². The standard InChI is InChI=1S/C15H23BrN2/c1-11(2)13-6-7-18(10-13)15-8-14(16)5-4-12(15)9-17-3/h4-5,8,11,13,17H,6-7,9-10H2,1-3H3. The van der Waals surface area contributed by atoms with Crippen molar-refractivity contribution in [2.24, 2.45) is 11.8 Å². The molecular weight excluding hydrogens is 288 g/mol. The van der Waals surface area contributed by atoms with Crippen molar-refractivity contribution in [3.05, 3.63) is 28.2 Å². The minimum absolute atomic E-state index is 0.787. The summed E-state index contributed by atoms with van der Waals surface area (Å²) in [7, 11) is 2.01. The quantitative estimate of drug-likeness (QED) is 0.913. The molecule has 1 atom stereocenters. The highest BCUT2D eigenvalue weighted by Crippen LogP contribution is 2.32. The van der Waals surface area contributed by atoms with Gasteiger partial charge in [-0.3, -0.25) is 0 Å². The van der Waals surface area contributed by atoms with Gasteiger partial charge in [0.05, 0.1) is 0 Å². The summed E-state index contributed by atoms with van der Waals surface area (Å²) in [5.74, 6) is 1.63. The Bertz CT molecular complexity index is 403. The van der Waals surface area contributed by atoms with E-state index in [0.29, 0.717) is 0 Å². The summed E-state index contributed by atoms with van der Waals surface area (Å²) in [5.41, 5.74) is 2.78. The van der Waals surface area contributed by atoms with Crippen LogP contribution in [0.1, 0.15) is 25.8 Å². The van der Waals surface area contributed by atoms with Crippen molar-refractivity contribution in [2.45, 2.75) is 26.8 Å². The summed E-state index contributed by atoms with van der Waals surface area (Å²) in [6.45, 7) is 8.00. The second-order valence-electron chi connectivity index (χ2n) is 5.54. The second-order valence-corrected chi connectivity index (χ2v) is 6.46. The van der Waals surface area contributed by atoms with Crippen LogP contribution in [0.2, 0.25) is 0 Å². The molecular formula is C15H23BrN2. The lowest BCUT2D eigenvalue weighted by molar-refractivity contribution is 0.422. The predicted octanol–water partition coefficient (Wildman–Crippen LogP) is 3.65. The van der Waals surface area contributed by atoms with E-state index in [1.165, 1.54) is 35.2 Å². The molecule has 1 aromatic rings. The molecule has 3 heteroatoms. The van der Waals surface area contributed by atoms with Gasteiger partial charge in [0.15, 0.2) is 0 Å². The number of nitrogens with zero attached hydrogens (tertiary/aromatic N) is 1. The van der Waals surface area contributed by atoms with Crippen molar-refractivity contribution < 1.29 is 0 Å². The summed E-state index contributed by atoms with van der Waals surface area (Å²) in [5, 5.41) is 3.26. The van der Waals surface area contributed by atoms with Gasteiger partial charge in [0.2, 0.25) is 0 Å². The van der Waals surface area contributed by atoms with Crippen LogP contribution in [-0.2, 0) is 6.54 Å². The average Bonchev–Trinajstić information content (AvgIpc) is 2.81. The highest BCUT2D eigenvalue weighted by Gasteiger charge is 2.26. The van der Waals surface area contributed by atoms with Crippen LogP contribution < -0.4 is 10.2 Å². The van der Waals surface area contributed by atoms with Gasteiger partial charge >= 0.3 is 0 Å². The molecule has 1 N–H and O–H groups in total. The SMILES string of the molecule is CNCc1ccc(Br)cc1N1CCC(C(C)C)C1. The second kappa shape index (κ2) is 6.07. The third-order valence-corrected chi connectivity index (χ3v) is 4.42. The molecule has 0 saturated carbocycles. The zero-order chi connectivity index (χ0) is 13.1. The summed E-state index contributed by atoms with van der Waals surface area (Å²) in [4.78, 5) is 2.54. The van der Waals surface area contributed by atoms with E-state index >= 15 is 0 Å². The first-order chi connectivity index (χ1) is 8.61. The lowest BCUT2D eigenvalue weighted by Crippen LogP contribution is -2.23. The van der Waals surface area contributed by atoms with E-state index in [0.717, 1.165) is 18.4 Å². The molecule has 1 aliphatic rings. The lowest BCUT2D eigenvalue weighted by atomic mass is 9.95. The molecule has 0 aliphatic carbocycles. The Labute approximate surface area is 119 Å². The minimum atomic E-state index is 0.787. The molecule has 2 nitrogen and oxygen atoms in total. The molecule has 0 radical (unpaired) electrons. The van der Waals surface area contributed by atoms with E-state index in [2.05, 4.69) is 58.2 Å². The summed E-state index contributed by atoms with van der Waals surface area (Å²) < 4.78 is 1.17. The van der Waals surface area contributed by atoms with Crippen molar-refractivity contribution in [3.63, 3.8) is 0 Å². The Morgan fingerprint density at radius 1 is 1.44 bits per heavy atom. The maximum absolute atomic E-state index is 3.59. The molecule has 0 amide bonds. The Hall–Kier alpha value is -0.540. The zero-order valence-electron chi connectivity index (χ0n) is 11.5. The summed E-state index contributed by atoms with van der Waals surface area (Å²) in [6, 6.07) is 6.61. The van der Waals surface area contributed by atoms with Crippen LogP contribution in [-0.4, -0.2) is 20.1 Å². The van der Waals surface area contributed by atoms with E-state index in [9.17, 15) is 0 Å². The summed E-state index contributed by atoms with van der Waals surface area (Å²) in [6.07, 6.45) is 1.32. The average molecular weight is 311 g/mol. The topological polar surface area (TPSA) is 15.3 Å². The highest BCUT2D eigenvalue weighted by molar-refractivity contribution is 9.10. The lowest BCUT2D eigenvalue weighted by Gasteiger charge is -2.23. The molecule has 18 heavy (non-hydrogen) atoms. The third-order valence-electron chi connectivity index (χ3n) is 3.92. The van der Waals surface area contributed by atoms with Crippen LogP contribution in [0, 0.1) is 11.8 Å². The fourth-order valence-electron chi connectivity index (χ4n) is 2.72. The van der Waals surface area contributed by atoms with E-state index in [-0.39, 0.29) is 0 Å². The van der Waals surface area contributed by atoms with Gasteiger partial charge in [0.25, 0.3) is 0 Å². The van der Waals surface area contributed by atoms with E-state index in [4.69, 9.17) is 0 Å². The van der Waals surface area contributed by atoms with Crippen molar-refractivity contribution in [1.29, 1.82) is 0 Å². The first kappa shape index (κ1) is 13.9. The van der Waals surface area contributed by atoms with Gasteiger partial charge in [0.1, 0.15) is 0 Å². The Morgan fingerprint density at radius 3 is 2.83 bits per heavy atom. The Balaban J connectivity index is 2.19. The van der Waals surface area contributed by atoms with E-state index in [1.807, 2.05) is 7.05 Å². The van der Waals surface area contributed by atoms with Gasteiger partial charge in [-0.15, -0.1) is 0 Å². The van der Waals surface area contributed by atoms with Crippen LogP contribution in [0.3, 0.4) is 0 Å². The first-order valence-electron chi connectivity index (χ1n) is 6.79. The molecule has 0 aromatic heterocycles. The maximum atomic E-state index is 3.59. The zero-order valence-corrected chi connectivity index (χ0v) is 13.1. The van der Waals surface area contributed by atoms with Crippen molar-refractivity contribution >= 4 is 21.6 Å². The number of halogens is 1. The van der Waals surface area contributed by atoms with Crippen LogP contribution in [0.5, 0.6) is 0 Å². The van der Waals surface area contributed by atoms with Crippen LogP contribution in [0.4, 0.5) is 5.69 Å². The fraction of sp³-hybridized carbons (Fsp3) is 0.600. The number of benzene rings is 1. The Morgan fingerprint density at radius 2 is 2.22 bits per heavy atom. The molecule has 1 unspecified atom stereocenters. The molecule has 1 saturated heterocycles. The highest BCUT2D eigenvalue weighted by atomic mass is 79.9. The molecule has 0 bridgehead atoms. The maximum Gasteiger partial charge on any atom is 0.0423 e. The third kappa shape index (κ3) is 3.07. The van der Waals surface area contributed by atoms with Gasteiger partial charge in [-0.2, -0.15) is 0 Å². The normalized spacial score (nSPS) is 19.8. The smallest absolute Gasteiger partial charge is 0.0423 e. The fourth-order valence-corrected chi connectivity index (χ4v) is 3.07. The monoisotopic (exact) mass is 310 g/mol. The van der Waals surface area contributed by atoms with Gasteiger partial charge < -0.3 is 10.2 Å². The van der Waals surface area contributed by atoms with Crippen LogP contribution in [0.25, 0.3) is 0 Å². The molecule has 1 aliphatic heterocycles. The van der Waals surface area contributed by atoms with E-state index in [1.54, 1.807) is 0 Å². The number of hydrogen-bond acceptors (Lipinski definition) is 2. The minimum Gasteiger partial charge on any atom is -0.371 e. The number of hydrogen-bond donors (Lipinski definition) is 1. The van der Waals surface area contributed by atoms with Gasteiger partial charge in [0, 0.05) is 29.8 Å². The molecule has 2 rings (SSSR count). The van der Waals surface area contributed by atoms with Gasteiger partial charge in [-0.1, -0.05) is 35.8 Å². The molecule has 0 spiro atoms. The van der Waals surface area contributed by atoms with Crippen LogP contribution >= 0.6 is 15.9 Å². The molecule has 1 fully saturated rings. The predicted molar refractivity (Wildman–Crippen MR) is 82.1 cm³/mol. The number of rotatable bonds is 4. The largest absolute Gasteiger partial charge is 0.371 e. The Kier molecular flexibility index (Phi) is 4.68. The van der Waals surface area contributed by atoms with Gasteiger partial charge in [-0.25, -0.2) is 0 Å². The number of anilines is 1.